The van der Waals surface area contributed by atoms with E-state index in [4.69, 9.17) is 16.3 Å². The van der Waals surface area contributed by atoms with Crippen LogP contribution in [-0.2, 0) is 14.8 Å². The molecule has 1 aromatic heterocycles. The number of nitrogens with one attached hydrogen (secondary N) is 1. The average molecular weight is 518 g/mol. The molecule has 1 spiro atoms. The third kappa shape index (κ3) is 4.17. The zero-order chi connectivity index (χ0) is 24.4. The SMILES string of the molecule is O=C(NS(=O)(=O)c1cccc(N2CC(O)C2)n1)C1(Oc2cc(Cl)ccc2C2CC3(CCC3)C2)CC1. The van der Waals surface area contributed by atoms with Crippen molar-refractivity contribution in [2.24, 2.45) is 5.41 Å². The van der Waals surface area contributed by atoms with E-state index < -0.39 is 27.6 Å². The molecule has 4 fully saturated rings. The Morgan fingerprint density at radius 2 is 1.89 bits per heavy atom. The van der Waals surface area contributed by atoms with Crippen molar-refractivity contribution in [3.05, 3.63) is 47.0 Å². The summed E-state index contributed by atoms with van der Waals surface area (Å²) in [6, 6.07) is 10.1. The smallest absolute Gasteiger partial charge is 0.281 e. The third-order valence-electron chi connectivity index (χ3n) is 8.01. The normalized spacial score (nSPS) is 22.6. The molecule has 1 aliphatic heterocycles. The maximum atomic E-state index is 13.1. The number of sulfonamides is 1. The van der Waals surface area contributed by atoms with Crippen molar-refractivity contribution in [2.75, 3.05) is 18.0 Å². The molecule has 0 atom stereocenters. The molecule has 2 heterocycles. The second-order valence-electron chi connectivity index (χ2n) is 10.6. The first-order chi connectivity index (χ1) is 16.7. The van der Waals surface area contributed by atoms with Gasteiger partial charge >= 0.3 is 0 Å². The summed E-state index contributed by atoms with van der Waals surface area (Å²) in [5.74, 6) is 0.686. The maximum absolute atomic E-state index is 13.1. The highest BCUT2D eigenvalue weighted by Crippen LogP contribution is 2.63. The van der Waals surface area contributed by atoms with Crippen LogP contribution in [0, 0.1) is 5.41 Å². The topological polar surface area (TPSA) is 109 Å². The van der Waals surface area contributed by atoms with E-state index >= 15 is 0 Å². The summed E-state index contributed by atoms with van der Waals surface area (Å²) < 4.78 is 34.3. The summed E-state index contributed by atoms with van der Waals surface area (Å²) in [4.78, 5) is 19.1. The number of β-amino-alcohol motifs (C(OH)–C–C–N with tert-alkyl or cyclic N) is 1. The number of amides is 1. The predicted octanol–water partition coefficient (Wildman–Crippen LogP) is 3.38. The number of benzene rings is 1. The van der Waals surface area contributed by atoms with E-state index in [2.05, 4.69) is 9.71 Å². The number of ether oxygens (including phenoxy) is 1. The van der Waals surface area contributed by atoms with Crippen LogP contribution in [0.1, 0.15) is 56.4 Å². The fourth-order valence-electron chi connectivity index (χ4n) is 5.56. The molecule has 4 aliphatic rings. The Morgan fingerprint density at radius 3 is 2.51 bits per heavy atom. The summed E-state index contributed by atoms with van der Waals surface area (Å²) in [5.41, 5.74) is 0.295. The summed E-state index contributed by atoms with van der Waals surface area (Å²) in [5, 5.41) is 9.78. The van der Waals surface area contributed by atoms with Crippen LogP contribution in [0.2, 0.25) is 5.02 Å². The zero-order valence-corrected chi connectivity index (χ0v) is 20.8. The number of halogens is 1. The molecular formula is C25H28ClN3O5S. The number of aliphatic hydroxyl groups is 1. The van der Waals surface area contributed by atoms with E-state index in [1.54, 1.807) is 23.1 Å². The van der Waals surface area contributed by atoms with Gasteiger partial charge in [0.25, 0.3) is 15.9 Å². The van der Waals surface area contributed by atoms with Gasteiger partial charge in [0, 0.05) is 31.0 Å². The van der Waals surface area contributed by atoms with Crippen molar-refractivity contribution in [3.63, 3.8) is 0 Å². The molecule has 2 N–H and O–H groups in total. The summed E-state index contributed by atoms with van der Waals surface area (Å²) in [7, 11) is -4.19. The highest BCUT2D eigenvalue weighted by molar-refractivity contribution is 7.90. The first-order valence-electron chi connectivity index (χ1n) is 12.1. The second kappa shape index (κ2) is 8.08. The number of hydrogen-bond donors (Lipinski definition) is 2. The Bertz CT molecular complexity index is 1280. The molecule has 186 valence electrons. The zero-order valence-electron chi connectivity index (χ0n) is 19.2. The van der Waals surface area contributed by atoms with Gasteiger partial charge in [-0.15, -0.1) is 0 Å². The maximum Gasteiger partial charge on any atom is 0.281 e. The molecule has 1 saturated heterocycles. The number of pyridine rings is 1. The van der Waals surface area contributed by atoms with Crippen LogP contribution in [0.4, 0.5) is 5.82 Å². The van der Waals surface area contributed by atoms with Crippen LogP contribution >= 0.6 is 11.6 Å². The molecule has 1 amide bonds. The van der Waals surface area contributed by atoms with E-state index in [9.17, 15) is 18.3 Å². The van der Waals surface area contributed by atoms with Gasteiger partial charge in [-0.1, -0.05) is 30.2 Å². The van der Waals surface area contributed by atoms with Crippen LogP contribution in [0.3, 0.4) is 0 Å². The van der Waals surface area contributed by atoms with Crippen LogP contribution in [-0.4, -0.2) is 49.2 Å². The van der Waals surface area contributed by atoms with Gasteiger partial charge in [0.1, 0.15) is 11.6 Å². The highest BCUT2D eigenvalue weighted by atomic mass is 35.5. The molecule has 35 heavy (non-hydrogen) atoms. The van der Waals surface area contributed by atoms with Crippen LogP contribution in [0.25, 0.3) is 0 Å². The van der Waals surface area contributed by atoms with Gasteiger partial charge < -0.3 is 14.7 Å². The van der Waals surface area contributed by atoms with Crippen molar-refractivity contribution in [3.8, 4) is 5.75 Å². The van der Waals surface area contributed by atoms with Gasteiger partial charge in [0.05, 0.1) is 6.10 Å². The lowest BCUT2D eigenvalue weighted by molar-refractivity contribution is -0.128. The minimum atomic E-state index is -4.19. The first kappa shape index (κ1) is 23.1. The Balaban J connectivity index is 1.18. The molecule has 3 aliphatic carbocycles. The lowest BCUT2D eigenvalue weighted by Gasteiger charge is -2.54. The molecule has 6 rings (SSSR count). The monoisotopic (exact) mass is 517 g/mol. The standard InChI is InChI=1S/C25H28ClN3O5S/c26-17-5-6-19(16-12-24(13-16)7-2-8-24)20(11-17)34-25(9-10-25)23(31)28-35(32,33)22-4-1-3-21(27-22)29-14-18(30)15-29/h1,3-6,11,16,18,30H,2,7-10,12-15H2,(H,28,31). The number of anilines is 1. The van der Waals surface area contributed by atoms with Crippen molar-refractivity contribution in [2.45, 2.75) is 67.6 Å². The first-order valence-corrected chi connectivity index (χ1v) is 14.0. The van der Waals surface area contributed by atoms with Crippen molar-refractivity contribution in [1.29, 1.82) is 0 Å². The quantitative estimate of drug-likeness (QED) is 0.579. The minimum absolute atomic E-state index is 0.246. The third-order valence-corrected chi connectivity index (χ3v) is 9.48. The van der Waals surface area contributed by atoms with Gasteiger partial charge in [-0.3, -0.25) is 4.79 Å². The molecule has 0 radical (unpaired) electrons. The summed E-state index contributed by atoms with van der Waals surface area (Å²) >= 11 is 6.25. The van der Waals surface area contributed by atoms with E-state index in [1.165, 1.54) is 25.3 Å². The lowest BCUT2D eigenvalue weighted by Crippen LogP contribution is -2.51. The van der Waals surface area contributed by atoms with Gasteiger partial charge in [-0.25, -0.2) is 9.71 Å². The molecule has 2 aromatic rings. The number of carbonyl (C=O) groups is 1. The molecule has 1 aromatic carbocycles. The lowest BCUT2D eigenvalue weighted by atomic mass is 9.50. The van der Waals surface area contributed by atoms with Crippen molar-refractivity contribution in [1.82, 2.24) is 9.71 Å². The highest BCUT2D eigenvalue weighted by Gasteiger charge is 2.55. The fraction of sp³-hybridized carbons (Fsp3) is 0.520. The molecule has 8 nitrogen and oxygen atoms in total. The predicted molar refractivity (Wildman–Crippen MR) is 130 cm³/mol. The second-order valence-corrected chi connectivity index (χ2v) is 12.6. The molecule has 0 bridgehead atoms. The van der Waals surface area contributed by atoms with Crippen LogP contribution < -0.4 is 14.4 Å². The number of carbonyl (C=O) groups excluding carboxylic acids is 1. The van der Waals surface area contributed by atoms with Gasteiger partial charge in [-0.05, 0) is 66.8 Å². The molecule has 3 saturated carbocycles. The van der Waals surface area contributed by atoms with Crippen LogP contribution in [0.5, 0.6) is 5.75 Å². The van der Waals surface area contributed by atoms with Crippen LogP contribution in [0.15, 0.2) is 41.4 Å². The van der Waals surface area contributed by atoms with Gasteiger partial charge in [-0.2, -0.15) is 8.42 Å². The number of aliphatic hydroxyl groups excluding tert-OH is 1. The van der Waals surface area contributed by atoms with Gasteiger partial charge in [0.2, 0.25) is 0 Å². The van der Waals surface area contributed by atoms with E-state index in [1.807, 2.05) is 12.1 Å². The van der Waals surface area contributed by atoms with Crippen molar-refractivity contribution < 1.29 is 23.1 Å². The molecule has 10 heteroatoms. The molecule has 0 unspecified atom stereocenters. The Hall–Kier alpha value is -2.36. The van der Waals surface area contributed by atoms with Crippen molar-refractivity contribution >= 4 is 33.3 Å². The average Bonchev–Trinajstić information content (AvgIpc) is 3.51. The van der Waals surface area contributed by atoms with E-state index in [0.29, 0.717) is 53.9 Å². The van der Waals surface area contributed by atoms with Gasteiger partial charge in [0.15, 0.2) is 10.6 Å². The summed E-state index contributed by atoms with van der Waals surface area (Å²) in [6.45, 7) is 0.786. The Morgan fingerprint density at radius 1 is 1.14 bits per heavy atom. The fourth-order valence-corrected chi connectivity index (χ4v) is 6.73. The van der Waals surface area contributed by atoms with E-state index in [0.717, 1.165) is 18.4 Å². The Kier molecular flexibility index (Phi) is 5.32. The number of aromatic nitrogens is 1. The van der Waals surface area contributed by atoms with E-state index in [-0.39, 0.29) is 5.03 Å². The minimum Gasteiger partial charge on any atom is -0.477 e. The number of hydrogen-bond acceptors (Lipinski definition) is 7. The number of rotatable bonds is 7. The largest absolute Gasteiger partial charge is 0.477 e. The molecular weight excluding hydrogens is 490 g/mol. The Labute approximate surface area is 209 Å². The summed E-state index contributed by atoms with van der Waals surface area (Å²) in [6.07, 6.45) is 6.51. The number of nitrogens with zero attached hydrogens (tertiary/aromatic N) is 2.